The fourth-order valence-corrected chi connectivity index (χ4v) is 2.31. The third kappa shape index (κ3) is 1.94. The van der Waals surface area contributed by atoms with Crippen molar-refractivity contribution >= 4 is 10.9 Å². The largest absolute Gasteiger partial charge is 0.389 e. The quantitative estimate of drug-likeness (QED) is 0.773. The van der Waals surface area contributed by atoms with Gasteiger partial charge >= 0.3 is 0 Å². The van der Waals surface area contributed by atoms with Gasteiger partial charge in [0.2, 0.25) is 0 Å². The van der Waals surface area contributed by atoms with Gasteiger partial charge in [0.15, 0.2) is 0 Å². The number of rotatable bonds is 2. The van der Waals surface area contributed by atoms with Crippen LogP contribution in [0.25, 0.3) is 16.6 Å². The second-order valence-corrected chi connectivity index (χ2v) is 4.68. The van der Waals surface area contributed by atoms with Gasteiger partial charge in [0, 0.05) is 10.9 Å². The van der Waals surface area contributed by atoms with Crippen molar-refractivity contribution in [2.75, 3.05) is 0 Å². The highest BCUT2D eigenvalue weighted by atomic mass is 16.3. The molecule has 3 rings (SSSR count). The molecule has 4 nitrogen and oxygen atoms in total. The molecular weight excluding hydrogens is 250 g/mol. The number of nitrogens with zero attached hydrogens (tertiary/aromatic N) is 3. The van der Waals surface area contributed by atoms with Gasteiger partial charge in [-0.25, -0.2) is 4.68 Å². The first-order valence-electron chi connectivity index (χ1n) is 6.36. The summed E-state index contributed by atoms with van der Waals surface area (Å²) >= 11 is 0. The predicted molar refractivity (Wildman–Crippen MR) is 76.4 cm³/mol. The average molecular weight is 263 g/mol. The first-order chi connectivity index (χ1) is 9.70. The molecule has 0 aliphatic rings. The number of para-hydroxylation sites is 1. The summed E-state index contributed by atoms with van der Waals surface area (Å²) in [4.78, 5) is 0. The van der Waals surface area contributed by atoms with Crippen molar-refractivity contribution in [1.82, 2.24) is 9.78 Å². The van der Waals surface area contributed by atoms with Gasteiger partial charge < -0.3 is 5.11 Å². The number of aliphatic hydroxyl groups is 1. The molecule has 1 heterocycles. The van der Waals surface area contributed by atoms with Crippen molar-refractivity contribution in [2.24, 2.45) is 0 Å². The van der Waals surface area contributed by atoms with E-state index in [1.54, 1.807) is 36.0 Å². The Kier molecular flexibility index (Phi) is 2.97. The van der Waals surface area contributed by atoms with Crippen LogP contribution in [0.4, 0.5) is 0 Å². The Labute approximate surface area is 116 Å². The molecular formula is C16H13N3O. The highest BCUT2D eigenvalue weighted by Crippen LogP contribution is 2.26. The van der Waals surface area contributed by atoms with E-state index in [-0.39, 0.29) is 0 Å². The molecule has 2 aromatic carbocycles. The standard InChI is InChI=1S/C16H13N3O/c1-11(20)14-7-6-12(9-17)8-16(14)19-15-5-3-2-4-13(15)10-18-19/h2-8,10-11,20H,1H3/t11-/m0/s1. The minimum atomic E-state index is -0.624. The van der Waals surface area contributed by atoms with E-state index in [1.807, 2.05) is 24.3 Å². The Bertz CT molecular complexity index is 812. The lowest BCUT2D eigenvalue weighted by Crippen LogP contribution is -2.04. The van der Waals surface area contributed by atoms with E-state index in [0.717, 1.165) is 22.2 Å². The van der Waals surface area contributed by atoms with Crippen LogP contribution in [0.5, 0.6) is 0 Å². The Morgan fingerprint density at radius 2 is 2.05 bits per heavy atom. The van der Waals surface area contributed by atoms with Crippen LogP contribution in [-0.4, -0.2) is 14.9 Å². The SMILES string of the molecule is C[C@H](O)c1ccc(C#N)cc1-n1ncc2ccccc21. The van der Waals surface area contributed by atoms with Crippen molar-refractivity contribution < 1.29 is 5.11 Å². The molecule has 20 heavy (non-hydrogen) atoms. The molecule has 0 aliphatic carbocycles. The third-order valence-electron chi connectivity index (χ3n) is 3.32. The summed E-state index contributed by atoms with van der Waals surface area (Å²) in [5.74, 6) is 0. The zero-order valence-electron chi connectivity index (χ0n) is 11.0. The molecule has 0 saturated heterocycles. The van der Waals surface area contributed by atoms with Gasteiger partial charge in [-0.05, 0) is 25.1 Å². The topological polar surface area (TPSA) is 61.8 Å². The Hall–Kier alpha value is -2.64. The van der Waals surface area contributed by atoms with Crippen molar-refractivity contribution in [1.29, 1.82) is 5.26 Å². The van der Waals surface area contributed by atoms with Crippen LogP contribution in [-0.2, 0) is 0 Å². The molecule has 1 N–H and O–H groups in total. The molecule has 0 spiro atoms. The van der Waals surface area contributed by atoms with Crippen LogP contribution in [0.2, 0.25) is 0 Å². The van der Waals surface area contributed by atoms with E-state index in [4.69, 9.17) is 5.26 Å². The molecule has 0 saturated carbocycles. The van der Waals surface area contributed by atoms with E-state index in [1.165, 1.54) is 0 Å². The highest BCUT2D eigenvalue weighted by molar-refractivity contribution is 5.80. The van der Waals surface area contributed by atoms with Gasteiger partial charge in [-0.2, -0.15) is 10.4 Å². The van der Waals surface area contributed by atoms with Crippen molar-refractivity contribution in [2.45, 2.75) is 13.0 Å². The van der Waals surface area contributed by atoms with E-state index in [9.17, 15) is 5.11 Å². The minimum absolute atomic E-state index is 0.545. The molecule has 0 unspecified atom stereocenters. The fourth-order valence-electron chi connectivity index (χ4n) is 2.31. The lowest BCUT2D eigenvalue weighted by molar-refractivity contribution is 0.199. The zero-order chi connectivity index (χ0) is 14.1. The average Bonchev–Trinajstić information content (AvgIpc) is 2.90. The summed E-state index contributed by atoms with van der Waals surface area (Å²) in [6.07, 6.45) is 1.15. The van der Waals surface area contributed by atoms with Crippen LogP contribution in [0.15, 0.2) is 48.7 Å². The predicted octanol–water partition coefficient (Wildman–Crippen LogP) is 2.95. The van der Waals surface area contributed by atoms with E-state index < -0.39 is 6.10 Å². The normalized spacial score (nSPS) is 12.2. The van der Waals surface area contributed by atoms with Crippen LogP contribution in [0, 0.1) is 11.3 Å². The van der Waals surface area contributed by atoms with E-state index >= 15 is 0 Å². The molecule has 1 atom stereocenters. The summed E-state index contributed by atoms with van der Waals surface area (Å²) in [5, 5.41) is 24.4. The zero-order valence-corrected chi connectivity index (χ0v) is 11.0. The summed E-state index contributed by atoms with van der Waals surface area (Å²) < 4.78 is 1.76. The minimum Gasteiger partial charge on any atom is -0.389 e. The summed E-state index contributed by atoms with van der Waals surface area (Å²) in [5.41, 5.74) is 2.98. The lowest BCUT2D eigenvalue weighted by atomic mass is 10.1. The van der Waals surface area contributed by atoms with Gasteiger partial charge in [0.05, 0.1) is 35.1 Å². The van der Waals surface area contributed by atoms with Crippen LogP contribution in [0.1, 0.15) is 24.2 Å². The Morgan fingerprint density at radius 3 is 2.80 bits per heavy atom. The Morgan fingerprint density at radius 1 is 1.25 bits per heavy atom. The molecule has 3 aromatic rings. The molecule has 0 aliphatic heterocycles. The van der Waals surface area contributed by atoms with Crippen LogP contribution < -0.4 is 0 Å². The van der Waals surface area contributed by atoms with Gasteiger partial charge in [-0.1, -0.05) is 24.3 Å². The molecule has 98 valence electrons. The van der Waals surface area contributed by atoms with Crippen LogP contribution in [0.3, 0.4) is 0 Å². The number of fused-ring (bicyclic) bond motifs is 1. The van der Waals surface area contributed by atoms with Crippen molar-refractivity contribution in [3.63, 3.8) is 0 Å². The number of nitriles is 1. The maximum Gasteiger partial charge on any atom is 0.0992 e. The lowest BCUT2D eigenvalue weighted by Gasteiger charge is -2.13. The number of benzene rings is 2. The smallest absolute Gasteiger partial charge is 0.0992 e. The first kappa shape index (κ1) is 12.4. The van der Waals surface area contributed by atoms with Gasteiger partial charge in [-0.15, -0.1) is 0 Å². The van der Waals surface area contributed by atoms with Crippen molar-refractivity contribution in [3.8, 4) is 11.8 Å². The third-order valence-corrected chi connectivity index (χ3v) is 3.32. The van der Waals surface area contributed by atoms with Gasteiger partial charge in [0.1, 0.15) is 0 Å². The second-order valence-electron chi connectivity index (χ2n) is 4.68. The first-order valence-corrected chi connectivity index (χ1v) is 6.36. The summed E-state index contributed by atoms with van der Waals surface area (Å²) in [7, 11) is 0. The molecule has 0 fully saturated rings. The van der Waals surface area contributed by atoms with Gasteiger partial charge in [-0.3, -0.25) is 0 Å². The number of aromatic nitrogens is 2. The number of hydrogen-bond donors (Lipinski definition) is 1. The fraction of sp³-hybridized carbons (Fsp3) is 0.125. The number of hydrogen-bond acceptors (Lipinski definition) is 3. The molecule has 0 bridgehead atoms. The Balaban J connectivity index is 2.30. The maximum absolute atomic E-state index is 9.92. The molecule has 4 heteroatoms. The van der Waals surface area contributed by atoms with Crippen molar-refractivity contribution in [3.05, 3.63) is 59.8 Å². The maximum atomic E-state index is 9.92. The van der Waals surface area contributed by atoms with Gasteiger partial charge in [0.25, 0.3) is 0 Å². The molecule has 1 aromatic heterocycles. The number of aliphatic hydroxyl groups excluding tert-OH is 1. The second kappa shape index (κ2) is 4.80. The monoisotopic (exact) mass is 263 g/mol. The summed E-state index contributed by atoms with van der Waals surface area (Å²) in [6.45, 7) is 1.70. The highest BCUT2D eigenvalue weighted by Gasteiger charge is 2.13. The van der Waals surface area contributed by atoms with E-state index in [2.05, 4.69) is 11.2 Å². The molecule has 0 radical (unpaired) electrons. The molecule has 0 amide bonds. The van der Waals surface area contributed by atoms with E-state index in [0.29, 0.717) is 5.56 Å². The summed E-state index contributed by atoms with van der Waals surface area (Å²) in [6, 6.07) is 15.2. The van der Waals surface area contributed by atoms with Crippen LogP contribution >= 0.6 is 0 Å².